The van der Waals surface area contributed by atoms with E-state index in [9.17, 15) is 4.39 Å². The molecule has 4 heteroatoms. The van der Waals surface area contributed by atoms with Gasteiger partial charge in [-0.05, 0) is 36.4 Å². The molecule has 78 valence electrons. The molecule has 0 aliphatic rings. The molecular formula is C11H10FNO2. The van der Waals surface area contributed by atoms with Gasteiger partial charge in [-0.3, -0.25) is 4.84 Å². The van der Waals surface area contributed by atoms with Gasteiger partial charge >= 0.3 is 0 Å². The lowest BCUT2D eigenvalue weighted by Gasteiger charge is -1.96. The zero-order valence-corrected chi connectivity index (χ0v) is 7.94. The van der Waals surface area contributed by atoms with E-state index in [2.05, 4.69) is 4.84 Å². The molecule has 2 aromatic rings. The quantitative estimate of drug-likeness (QED) is 0.786. The van der Waals surface area contributed by atoms with Crippen LogP contribution in [0.5, 0.6) is 0 Å². The maximum Gasteiger partial charge on any atom is 0.134 e. The normalized spacial score (nSPS) is 10.5. The summed E-state index contributed by atoms with van der Waals surface area (Å²) in [5.41, 5.74) is 0.819. The number of rotatable bonds is 3. The fourth-order valence-electron chi connectivity index (χ4n) is 1.31. The molecule has 1 aromatic carbocycles. The average molecular weight is 207 g/mol. The maximum absolute atomic E-state index is 12.7. The minimum atomic E-state index is -0.268. The van der Waals surface area contributed by atoms with Crippen LogP contribution in [0.1, 0.15) is 5.76 Å². The Hall–Kier alpha value is -1.65. The molecule has 0 fully saturated rings. The van der Waals surface area contributed by atoms with Gasteiger partial charge in [0.15, 0.2) is 0 Å². The highest BCUT2D eigenvalue weighted by Gasteiger charge is 2.04. The monoisotopic (exact) mass is 207 g/mol. The molecule has 0 amide bonds. The number of furan rings is 1. The van der Waals surface area contributed by atoms with Crippen LogP contribution < -0.4 is 5.90 Å². The van der Waals surface area contributed by atoms with Crippen molar-refractivity contribution in [2.45, 2.75) is 6.61 Å². The summed E-state index contributed by atoms with van der Waals surface area (Å²) < 4.78 is 18.1. The average Bonchev–Trinajstić information content (AvgIpc) is 2.68. The van der Waals surface area contributed by atoms with Gasteiger partial charge in [0, 0.05) is 5.56 Å². The van der Waals surface area contributed by atoms with Crippen molar-refractivity contribution < 1.29 is 13.6 Å². The van der Waals surface area contributed by atoms with Crippen molar-refractivity contribution in [3.63, 3.8) is 0 Å². The molecule has 2 rings (SSSR count). The molecule has 3 nitrogen and oxygen atoms in total. The third kappa shape index (κ3) is 2.23. The molecule has 0 spiro atoms. The van der Waals surface area contributed by atoms with E-state index in [-0.39, 0.29) is 12.4 Å². The van der Waals surface area contributed by atoms with Gasteiger partial charge in [0.2, 0.25) is 0 Å². The molecule has 1 aromatic heterocycles. The molecule has 15 heavy (non-hydrogen) atoms. The minimum absolute atomic E-state index is 0.223. The second-order valence-electron chi connectivity index (χ2n) is 3.08. The van der Waals surface area contributed by atoms with E-state index in [1.165, 1.54) is 12.1 Å². The highest BCUT2D eigenvalue weighted by atomic mass is 19.1. The molecular weight excluding hydrogens is 197 g/mol. The van der Waals surface area contributed by atoms with Crippen molar-refractivity contribution in [1.29, 1.82) is 0 Å². The van der Waals surface area contributed by atoms with Crippen molar-refractivity contribution in [3.05, 3.63) is 48.0 Å². The van der Waals surface area contributed by atoms with E-state index in [4.69, 9.17) is 10.3 Å². The molecule has 0 saturated carbocycles. The molecule has 0 bridgehead atoms. The van der Waals surface area contributed by atoms with Crippen molar-refractivity contribution in [2.75, 3.05) is 0 Å². The van der Waals surface area contributed by atoms with Crippen LogP contribution in [-0.4, -0.2) is 0 Å². The van der Waals surface area contributed by atoms with Crippen LogP contribution in [0.2, 0.25) is 0 Å². The summed E-state index contributed by atoms with van der Waals surface area (Å²) in [6.07, 6.45) is 0. The van der Waals surface area contributed by atoms with Crippen LogP contribution in [0.25, 0.3) is 11.3 Å². The van der Waals surface area contributed by atoms with E-state index in [0.29, 0.717) is 11.5 Å². The van der Waals surface area contributed by atoms with E-state index in [0.717, 1.165) is 5.56 Å². The molecule has 0 unspecified atom stereocenters. The summed E-state index contributed by atoms with van der Waals surface area (Å²) in [6, 6.07) is 9.64. The van der Waals surface area contributed by atoms with Gasteiger partial charge in [0.05, 0.1) is 0 Å². The van der Waals surface area contributed by atoms with Gasteiger partial charge in [0.25, 0.3) is 0 Å². The second-order valence-corrected chi connectivity index (χ2v) is 3.08. The summed E-state index contributed by atoms with van der Waals surface area (Å²) in [5, 5.41) is 0. The molecule has 0 radical (unpaired) electrons. The van der Waals surface area contributed by atoms with E-state index in [1.807, 2.05) is 0 Å². The molecule has 2 N–H and O–H groups in total. The smallest absolute Gasteiger partial charge is 0.134 e. The van der Waals surface area contributed by atoms with Gasteiger partial charge in [-0.1, -0.05) is 0 Å². The van der Waals surface area contributed by atoms with Gasteiger partial charge < -0.3 is 4.42 Å². The first kappa shape index (κ1) is 9.89. The Labute approximate surface area is 86.2 Å². The lowest BCUT2D eigenvalue weighted by molar-refractivity contribution is 0.109. The first-order chi connectivity index (χ1) is 7.29. The van der Waals surface area contributed by atoms with Crippen molar-refractivity contribution in [2.24, 2.45) is 5.90 Å². The standard InChI is InChI=1S/C11H10FNO2/c12-9-3-1-8(2-4-9)11-6-5-10(15-11)7-14-13/h1-6H,7,13H2. The zero-order chi connectivity index (χ0) is 10.7. The second kappa shape index (κ2) is 4.25. The SMILES string of the molecule is NOCc1ccc(-c2ccc(F)cc2)o1. The molecule has 0 aliphatic carbocycles. The Morgan fingerprint density at radius 1 is 1.13 bits per heavy atom. The fourth-order valence-corrected chi connectivity index (χ4v) is 1.31. The van der Waals surface area contributed by atoms with E-state index < -0.39 is 0 Å². The minimum Gasteiger partial charge on any atom is -0.459 e. The molecule has 0 aliphatic heterocycles. The number of halogens is 1. The topological polar surface area (TPSA) is 48.4 Å². The Bertz CT molecular complexity index is 436. The predicted octanol–water partition coefficient (Wildman–Crippen LogP) is 2.48. The predicted molar refractivity (Wildman–Crippen MR) is 53.1 cm³/mol. The Morgan fingerprint density at radius 3 is 2.53 bits per heavy atom. The maximum atomic E-state index is 12.7. The van der Waals surface area contributed by atoms with Crippen molar-refractivity contribution in [1.82, 2.24) is 0 Å². The number of benzene rings is 1. The van der Waals surface area contributed by atoms with Crippen LogP contribution in [0, 0.1) is 5.82 Å². The van der Waals surface area contributed by atoms with Gasteiger partial charge in [-0.15, -0.1) is 0 Å². The number of nitrogens with two attached hydrogens (primary N) is 1. The fraction of sp³-hybridized carbons (Fsp3) is 0.0909. The number of hydrogen-bond acceptors (Lipinski definition) is 3. The summed E-state index contributed by atoms with van der Waals surface area (Å²) in [5.74, 6) is 5.96. The van der Waals surface area contributed by atoms with Gasteiger partial charge in [-0.25, -0.2) is 10.3 Å². The van der Waals surface area contributed by atoms with Crippen LogP contribution in [0.3, 0.4) is 0 Å². The highest BCUT2D eigenvalue weighted by Crippen LogP contribution is 2.22. The van der Waals surface area contributed by atoms with Crippen LogP contribution in [-0.2, 0) is 11.4 Å². The molecule has 1 heterocycles. The summed E-state index contributed by atoms with van der Waals surface area (Å²) >= 11 is 0. The van der Waals surface area contributed by atoms with Crippen LogP contribution in [0.15, 0.2) is 40.8 Å². The Kier molecular flexibility index (Phi) is 2.80. The number of hydrogen-bond donors (Lipinski definition) is 1. The third-order valence-electron chi connectivity index (χ3n) is 2.02. The molecule has 0 atom stereocenters. The summed E-state index contributed by atoms with van der Waals surface area (Å²) in [7, 11) is 0. The Balaban J connectivity index is 2.25. The first-order valence-electron chi connectivity index (χ1n) is 4.46. The highest BCUT2D eigenvalue weighted by molar-refractivity contribution is 5.57. The Morgan fingerprint density at radius 2 is 1.87 bits per heavy atom. The van der Waals surface area contributed by atoms with E-state index in [1.54, 1.807) is 24.3 Å². The van der Waals surface area contributed by atoms with Crippen molar-refractivity contribution >= 4 is 0 Å². The molecule has 0 saturated heterocycles. The lowest BCUT2D eigenvalue weighted by Crippen LogP contribution is -1.96. The summed E-state index contributed by atoms with van der Waals surface area (Å²) in [4.78, 5) is 4.44. The van der Waals surface area contributed by atoms with E-state index >= 15 is 0 Å². The third-order valence-corrected chi connectivity index (χ3v) is 2.02. The zero-order valence-electron chi connectivity index (χ0n) is 7.94. The van der Waals surface area contributed by atoms with Gasteiger partial charge in [-0.2, -0.15) is 0 Å². The van der Waals surface area contributed by atoms with Gasteiger partial charge in [0.1, 0.15) is 23.9 Å². The largest absolute Gasteiger partial charge is 0.459 e. The van der Waals surface area contributed by atoms with Crippen molar-refractivity contribution in [3.8, 4) is 11.3 Å². The van der Waals surface area contributed by atoms with Crippen LogP contribution >= 0.6 is 0 Å². The summed E-state index contributed by atoms with van der Waals surface area (Å²) in [6.45, 7) is 0.223. The lowest BCUT2D eigenvalue weighted by atomic mass is 10.2. The first-order valence-corrected chi connectivity index (χ1v) is 4.46. The van der Waals surface area contributed by atoms with Crippen LogP contribution in [0.4, 0.5) is 4.39 Å².